The molecular weight excluding hydrogens is 282 g/mol. The van der Waals surface area contributed by atoms with Crippen molar-refractivity contribution < 1.29 is 9.32 Å². The Morgan fingerprint density at radius 2 is 1.95 bits per heavy atom. The highest BCUT2D eigenvalue weighted by Crippen LogP contribution is 2.60. The molecule has 4 atom stereocenters. The van der Waals surface area contributed by atoms with Crippen LogP contribution in [0.4, 0.5) is 0 Å². The van der Waals surface area contributed by atoms with Crippen LogP contribution < -0.4 is 0 Å². The number of nitrogens with zero attached hydrogens (tertiary/aromatic N) is 1. The van der Waals surface area contributed by atoms with Crippen molar-refractivity contribution in [2.45, 2.75) is 43.6 Å². The van der Waals surface area contributed by atoms with E-state index in [1.165, 1.54) is 6.42 Å². The Labute approximate surface area is 128 Å². The lowest BCUT2D eigenvalue weighted by molar-refractivity contribution is -0.0423. The summed E-state index contributed by atoms with van der Waals surface area (Å²) in [4.78, 5) is 0.738. The monoisotopic (exact) mass is 307 g/mol. The standard InChI is InChI=1S/C17H25NO2S/c1-16(2)10-13-9-15(16)17(19,11-13)12-21(20,18-3)14-7-5-4-6-8-14/h4-8,13,15,19H,9-12H2,1-3H3/t13-,15-,17-,21+/m0/s1. The van der Waals surface area contributed by atoms with Crippen molar-refractivity contribution in [3.8, 4) is 0 Å². The van der Waals surface area contributed by atoms with E-state index >= 15 is 0 Å². The van der Waals surface area contributed by atoms with Crippen molar-refractivity contribution in [1.82, 2.24) is 0 Å². The van der Waals surface area contributed by atoms with Crippen LogP contribution in [0.25, 0.3) is 0 Å². The molecule has 0 saturated heterocycles. The smallest absolute Gasteiger partial charge is 0.0810 e. The van der Waals surface area contributed by atoms with Crippen molar-refractivity contribution in [2.24, 2.45) is 21.6 Å². The summed E-state index contributed by atoms with van der Waals surface area (Å²) in [5.41, 5.74) is -0.693. The molecule has 0 aromatic heterocycles. The Morgan fingerprint density at radius 1 is 1.29 bits per heavy atom. The van der Waals surface area contributed by atoms with Crippen LogP contribution >= 0.6 is 0 Å². The molecule has 4 heteroatoms. The second-order valence-electron chi connectivity index (χ2n) is 7.44. The largest absolute Gasteiger partial charge is 0.389 e. The van der Waals surface area contributed by atoms with Crippen LogP contribution in [0.1, 0.15) is 33.1 Å². The molecule has 1 aromatic carbocycles. The van der Waals surface area contributed by atoms with E-state index in [0.717, 1.165) is 17.7 Å². The Bertz CT molecular complexity index is 646. The van der Waals surface area contributed by atoms with Gasteiger partial charge in [0.05, 0.1) is 21.1 Å². The average Bonchev–Trinajstić information content (AvgIpc) is 2.91. The minimum atomic E-state index is -2.55. The Kier molecular flexibility index (Phi) is 3.45. The summed E-state index contributed by atoms with van der Waals surface area (Å²) < 4.78 is 17.5. The molecule has 2 bridgehead atoms. The summed E-state index contributed by atoms with van der Waals surface area (Å²) in [6.07, 6.45) is 3.02. The van der Waals surface area contributed by atoms with Gasteiger partial charge in [0, 0.05) is 11.9 Å². The fourth-order valence-corrected chi connectivity index (χ4v) is 6.84. The highest BCUT2D eigenvalue weighted by Gasteiger charge is 2.59. The van der Waals surface area contributed by atoms with E-state index in [-0.39, 0.29) is 17.1 Å². The van der Waals surface area contributed by atoms with Gasteiger partial charge in [0.15, 0.2) is 0 Å². The van der Waals surface area contributed by atoms with E-state index < -0.39 is 15.3 Å². The summed E-state index contributed by atoms with van der Waals surface area (Å²) in [6.45, 7) is 4.46. The van der Waals surface area contributed by atoms with Crippen molar-refractivity contribution in [3.63, 3.8) is 0 Å². The van der Waals surface area contributed by atoms with Crippen LogP contribution in [0.3, 0.4) is 0 Å². The van der Waals surface area contributed by atoms with Gasteiger partial charge in [-0.05, 0) is 48.6 Å². The van der Waals surface area contributed by atoms with Gasteiger partial charge in [0.25, 0.3) is 0 Å². The average molecular weight is 307 g/mol. The first-order chi connectivity index (χ1) is 9.79. The molecule has 2 aliphatic carbocycles. The van der Waals surface area contributed by atoms with Crippen LogP contribution in [0.2, 0.25) is 0 Å². The predicted octanol–water partition coefficient (Wildman–Crippen LogP) is 3.33. The molecule has 0 radical (unpaired) electrons. The number of benzene rings is 1. The van der Waals surface area contributed by atoms with E-state index in [1.54, 1.807) is 7.05 Å². The van der Waals surface area contributed by atoms with E-state index in [1.807, 2.05) is 30.3 Å². The maximum atomic E-state index is 13.3. The minimum Gasteiger partial charge on any atom is -0.389 e. The summed E-state index contributed by atoms with van der Waals surface area (Å²) >= 11 is 0. The van der Waals surface area contributed by atoms with Gasteiger partial charge in [0.1, 0.15) is 0 Å². The lowest BCUT2D eigenvalue weighted by Crippen LogP contribution is -2.48. The first kappa shape index (κ1) is 15.0. The molecule has 21 heavy (non-hydrogen) atoms. The molecule has 0 aliphatic heterocycles. The van der Waals surface area contributed by atoms with Gasteiger partial charge in [-0.2, -0.15) is 0 Å². The molecule has 116 valence electrons. The van der Waals surface area contributed by atoms with Crippen molar-refractivity contribution in [1.29, 1.82) is 0 Å². The van der Waals surface area contributed by atoms with Crippen LogP contribution in [0.5, 0.6) is 0 Å². The van der Waals surface area contributed by atoms with Crippen LogP contribution in [-0.2, 0) is 9.73 Å². The Hall–Kier alpha value is -0.870. The van der Waals surface area contributed by atoms with Gasteiger partial charge in [-0.1, -0.05) is 32.0 Å². The zero-order valence-corrected chi connectivity index (χ0v) is 13.9. The van der Waals surface area contributed by atoms with Gasteiger partial charge < -0.3 is 5.11 Å². The molecule has 2 fully saturated rings. The van der Waals surface area contributed by atoms with E-state index in [2.05, 4.69) is 18.2 Å². The maximum absolute atomic E-state index is 13.3. The van der Waals surface area contributed by atoms with Crippen LogP contribution in [0.15, 0.2) is 39.6 Å². The van der Waals surface area contributed by atoms with Gasteiger partial charge in [-0.3, -0.25) is 0 Å². The summed E-state index contributed by atoms with van der Waals surface area (Å²) in [5.74, 6) is 1.08. The second kappa shape index (κ2) is 4.82. The molecule has 1 aromatic rings. The normalized spacial score (nSPS) is 36.4. The first-order valence-corrected chi connectivity index (χ1v) is 9.38. The molecule has 0 unspecified atom stereocenters. The SMILES string of the molecule is CN=[S@@](=O)(C[C@@]1(O)C[C@H]2C[C@H]1C(C)(C)C2)c1ccccc1. The number of rotatable bonds is 3. The summed E-state index contributed by atoms with van der Waals surface area (Å²) in [6, 6.07) is 9.40. The molecule has 3 rings (SSSR count). The first-order valence-electron chi connectivity index (χ1n) is 7.69. The van der Waals surface area contributed by atoms with Crippen LogP contribution in [0, 0.1) is 17.3 Å². The molecule has 0 heterocycles. The summed E-state index contributed by atoms with van der Waals surface area (Å²) in [7, 11) is -0.937. The van der Waals surface area contributed by atoms with Gasteiger partial charge >= 0.3 is 0 Å². The van der Waals surface area contributed by atoms with Gasteiger partial charge in [-0.25, -0.2) is 8.57 Å². The zero-order chi connectivity index (χ0) is 15.3. The minimum absolute atomic E-state index is 0.141. The fourth-order valence-electron chi connectivity index (χ4n) is 4.75. The summed E-state index contributed by atoms with van der Waals surface area (Å²) in [5, 5.41) is 11.2. The Balaban J connectivity index is 1.94. The highest BCUT2D eigenvalue weighted by molar-refractivity contribution is 7.93. The number of aliphatic hydroxyl groups is 1. The number of hydrogen-bond donors (Lipinski definition) is 1. The van der Waals surface area contributed by atoms with Gasteiger partial charge in [0.2, 0.25) is 0 Å². The topological polar surface area (TPSA) is 49.7 Å². The molecule has 0 spiro atoms. The second-order valence-corrected chi connectivity index (χ2v) is 9.84. The van der Waals surface area contributed by atoms with E-state index in [0.29, 0.717) is 5.92 Å². The van der Waals surface area contributed by atoms with E-state index in [9.17, 15) is 9.32 Å². The highest BCUT2D eigenvalue weighted by atomic mass is 32.2. The number of hydrogen-bond acceptors (Lipinski definition) is 3. The van der Waals surface area contributed by atoms with Crippen LogP contribution in [-0.4, -0.2) is 27.7 Å². The molecule has 2 aliphatic rings. The number of fused-ring (bicyclic) bond motifs is 2. The third-order valence-electron chi connectivity index (χ3n) is 5.47. The predicted molar refractivity (Wildman–Crippen MR) is 85.6 cm³/mol. The fraction of sp³-hybridized carbons (Fsp3) is 0.647. The lowest BCUT2D eigenvalue weighted by atomic mass is 9.69. The molecule has 1 N–H and O–H groups in total. The third-order valence-corrected chi connectivity index (χ3v) is 7.96. The van der Waals surface area contributed by atoms with Gasteiger partial charge in [-0.15, -0.1) is 0 Å². The zero-order valence-electron chi connectivity index (χ0n) is 13.1. The molecule has 2 saturated carbocycles. The van der Waals surface area contributed by atoms with Crippen molar-refractivity contribution >= 4 is 9.73 Å². The van der Waals surface area contributed by atoms with Crippen molar-refractivity contribution in [3.05, 3.63) is 30.3 Å². The maximum Gasteiger partial charge on any atom is 0.0810 e. The Morgan fingerprint density at radius 3 is 2.48 bits per heavy atom. The lowest BCUT2D eigenvalue weighted by Gasteiger charge is -2.42. The third kappa shape index (κ3) is 2.42. The quantitative estimate of drug-likeness (QED) is 0.931. The molecule has 3 nitrogen and oxygen atoms in total. The van der Waals surface area contributed by atoms with Crippen molar-refractivity contribution in [2.75, 3.05) is 12.8 Å². The molecular formula is C17H25NO2S. The molecule has 0 amide bonds. The van der Waals surface area contributed by atoms with E-state index in [4.69, 9.17) is 0 Å².